The Morgan fingerprint density at radius 3 is 2.67 bits per heavy atom. The van der Waals surface area contributed by atoms with E-state index in [9.17, 15) is 9.90 Å². The molecular formula is C17H20N2O2. The molecule has 4 heteroatoms. The number of rotatable bonds is 4. The molecule has 1 atom stereocenters. The van der Waals surface area contributed by atoms with Crippen molar-refractivity contribution in [3.63, 3.8) is 0 Å². The maximum absolute atomic E-state index is 12.1. The molecule has 0 aliphatic carbocycles. The lowest BCUT2D eigenvalue weighted by molar-refractivity contribution is -0.125. The van der Waals surface area contributed by atoms with Crippen LogP contribution in [-0.2, 0) is 11.3 Å². The van der Waals surface area contributed by atoms with Gasteiger partial charge in [0.25, 0.3) is 5.91 Å². The largest absolute Gasteiger partial charge is 0.381 e. The highest BCUT2D eigenvalue weighted by atomic mass is 16.3. The van der Waals surface area contributed by atoms with E-state index in [0.29, 0.717) is 12.2 Å². The normalized spacial score (nSPS) is 12.0. The molecule has 0 fully saturated rings. The highest BCUT2D eigenvalue weighted by molar-refractivity contribution is 5.94. The fraction of sp³-hybridized carbons (Fsp3) is 0.294. The van der Waals surface area contributed by atoms with Crippen LogP contribution in [0.4, 0.5) is 0 Å². The van der Waals surface area contributed by atoms with Gasteiger partial charge in [0.05, 0.1) is 11.3 Å². The van der Waals surface area contributed by atoms with Gasteiger partial charge >= 0.3 is 0 Å². The van der Waals surface area contributed by atoms with Crippen LogP contribution < -0.4 is 0 Å². The summed E-state index contributed by atoms with van der Waals surface area (Å²) in [4.78, 5) is 13.5. The van der Waals surface area contributed by atoms with Crippen LogP contribution in [0.25, 0.3) is 10.9 Å². The molecular weight excluding hydrogens is 264 g/mol. The minimum atomic E-state index is -1.04. The van der Waals surface area contributed by atoms with E-state index in [1.54, 1.807) is 14.1 Å². The van der Waals surface area contributed by atoms with Crippen LogP contribution in [-0.4, -0.2) is 34.6 Å². The summed E-state index contributed by atoms with van der Waals surface area (Å²) in [6.07, 6.45) is -1.04. The number of carbonyl (C=O) groups is 1. The molecule has 0 saturated heterocycles. The van der Waals surface area contributed by atoms with Gasteiger partial charge in [-0.25, -0.2) is 0 Å². The molecule has 1 aromatic heterocycles. The third-order valence-electron chi connectivity index (χ3n) is 3.54. The maximum atomic E-state index is 12.1. The topological polar surface area (TPSA) is 45.5 Å². The second-order valence-electron chi connectivity index (χ2n) is 5.06. The highest BCUT2D eigenvalue weighted by Crippen LogP contribution is 2.28. The van der Waals surface area contributed by atoms with Crippen molar-refractivity contribution in [2.75, 3.05) is 14.1 Å². The van der Waals surface area contributed by atoms with E-state index < -0.39 is 6.10 Å². The second kappa shape index (κ2) is 6.00. The van der Waals surface area contributed by atoms with E-state index in [1.165, 1.54) is 4.90 Å². The average molecular weight is 284 g/mol. The number of aromatic nitrogens is 1. The van der Waals surface area contributed by atoms with Gasteiger partial charge in [-0.3, -0.25) is 4.79 Å². The molecule has 2 aromatic rings. The molecule has 4 nitrogen and oxygen atoms in total. The number of hydrogen-bond acceptors (Lipinski definition) is 2. The van der Waals surface area contributed by atoms with Gasteiger partial charge in [-0.1, -0.05) is 24.8 Å². The van der Waals surface area contributed by atoms with Crippen LogP contribution in [0.5, 0.6) is 0 Å². The predicted molar refractivity (Wildman–Crippen MR) is 83.9 cm³/mol. The molecule has 0 bridgehead atoms. The summed E-state index contributed by atoms with van der Waals surface area (Å²) in [5.74, 6) is -0.287. The number of amides is 1. The van der Waals surface area contributed by atoms with Crippen LogP contribution in [0, 0.1) is 0 Å². The average Bonchev–Trinajstić information content (AvgIpc) is 2.86. The van der Waals surface area contributed by atoms with Crippen LogP contribution in [0.3, 0.4) is 0 Å². The number of benzene rings is 1. The third kappa shape index (κ3) is 2.64. The summed E-state index contributed by atoms with van der Waals surface area (Å²) >= 11 is 0. The summed E-state index contributed by atoms with van der Waals surface area (Å²) < 4.78 is 2.00. The fourth-order valence-corrected chi connectivity index (χ4v) is 2.49. The van der Waals surface area contributed by atoms with Gasteiger partial charge in [-0.05, 0) is 24.4 Å². The summed E-state index contributed by atoms with van der Waals surface area (Å²) in [6.45, 7) is 6.26. The second-order valence-corrected chi connectivity index (χ2v) is 5.06. The first-order valence-corrected chi connectivity index (χ1v) is 6.89. The van der Waals surface area contributed by atoms with Gasteiger partial charge < -0.3 is 14.6 Å². The van der Waals surface area contributed by atoms with E-state index in [1.807, 2.05) is 41.8 Å². The zero-order valence-electron chi connectivity index (χ0n) is 12.6. The number of hydrogen-bond donors (Lipinski definition) is 1. The third-order valence-corrected chi connectivity index (χ3v) is 3.54. The molecule has 0 spiro atoms. The standard InChI is InChI=1S/C17H20N2O2/c1-5-13(17(21)18(3)4)16(20)15-11-12-9-7-8-10-14(12)19(15)6-2/h7-11,16,20H,1,6H2,2-4H3. The molecule has 0 saturated carbocycles. The first kappa shape index (κ1) is 15.1. The number of aliphatic hydroxyl groups is 1. The van der Waals surface area contributed by atoms with Crippen molar-refractivity contribution < 1.29 is 9.90 Å². The SMILES string of the molecule is C=C=C(C(=O)N(C)C)C(O)c1cc2ccccc2n1CC. The molecule has 1 aromatic carbocycles. The number of carbonyl (C=O) groups excluding carboxylic acids is 1. The molecule has 1 unspecified atom stereocenters. The quantitative estimate of drug-likeness (QED) is 0.692. The minimum absolute atomic E-state index is 0.164. The number of nitrogens with zero attached hydrogens (tertiary/aromatic N) is 2. The Morgan fingerprint density at radius 2 is 2.10 bits per heavy atom. The summed E-state index contributed by atoms with van der Waals surface area (Å²) in [7, 11) is 3.28. The fourth-order valence-electron chi connectivity index (χ4n) is 2.49. The van der Waals surface area contributed by atoms with Gasteiger partial charge in [0.1, 0.15) is 6.10 Å². The lowest BCUT2D eigenvalue weighted by Crippen LogP contribution is -2.26. The van der Waals surface area contributed by atoms with Crippen LogP contribution in [0.2, 0.25) is 0 Å². The first-order valence-electron chi connectivity index (χ1n) is 6.89. The number of aryl methyl sites for hydroxylation is 1. The minimum Gasteiger partial charge on any atom is -0.381 e. The zero-order valence-corrected chi connectivity index (χ0v) is 12.6. The number of likely N-dealkylation sites (N-methyl/N-ethyl adjacent to an activating group) is 1. The molecule has 1 heterocycles. The van der Waals surface area contributed by atoms with Crippen LogP contribution >= 0.6 is 0 Å². The number of aliphatic hydroxyl groups excluding tert-OH is 1. The molecule has 0 radical (unpaired) electrons. The van der Waals surface area contributed by atoms with Gasteiger partial charge in [-0.15, -0.1) is 5.73 Å². The van der Waals surface area contributed by atoms with Crippen molar-refractivity contribution in [3.8, 4) is 0 Å². The van der Waals surface area contributed by atoms with E-state index in [-0.39, 0.29) is 11.5 Å². The highest BCUT2D eigenvalue weighted by Gasteiger charge is 2.25. The van der Waals surface area contributed by atoms with E-state index in [4.69, 9.17) is 0 Å². The lowest BCUT2D eigenvalue weighted by atomic mass is 10.1. The van der Waals surface area contributed by atoms with Crippen molar-refractivity contribution in [1.82, 2.24) is 9.47 Å². The van der Waals surface area contributed by atoms with Crippen molar-refractivity contribution in [2.24, 2.45) is 0 Å². The Kier molecular flexibility index (Phi) is 4.32. The van der Waals surface area contributed by atoms with Crippen molar-refractivity contribution in [2.45, 2.75) is 19.6 Å². The number of fused-ring (bicyclic) bond motifs is 1. The Morgan fingerprint density at radius 1 is 1.43 bits per heavy atom. The Hall–Kier alpha value is -2.29. The first-order chi connectivity index (χ1) is 10.0. The van der Waals surface area contributed by atoms with E-state index in [2.05, 4.69) is 12.3 Å². The zero-order chi connectivity index (χ0) is 15.6. The monoisotopic (exact) mass is 284 g/mol. The maximum Gasteiger partial charge on any atom is 0.260 e. The van der Waals surface area contributed by atoms with Crippen molar-refractivity contribution in [3.05, 3.63) is 53.9 Å². The van der Waals surface area contributed by atoms with E-state index >= 15 is 0 Å². The molecule has 2 rings (SSSR count). The summed E-state index contributed by atoms with van der Waals surface area (Å²) in [5.41, 5.74) is 4.47. The number of para-hydroxylation sites is 1. The van der Waals surface area contributed by atoms with Gasteiger partial charge in [0.2, 0.25) is 0 Å². The molecule has 21 heavy (non-hydrogen) atoms. The molecule has 1 amide bonds. The lowest BCUT2D eigenvalue weighted by Gasteiger charge is -2.18. The van der Waals surface area contributed by atoms with Crippen molar-refractivity contribution in [1.29, 1.82) is 0 Å². The van der Waals surface area contributed by atoms with Crippen LogP contribution in [0.1, 0.15) is 18.7 Å². The Labute approximate surface area is 124 Å². The Balaban J connectivity index is 2.55. The smallest absolute Gasteiger partial charge is 0.260 e. The predicted octanol–water partition coefficient (Wildman–Crippen LogP) is 2.49. The van der Waals surface area contributed by atoms with Crippen molar-refractivity contribution >= 4 is 16.8 Å². The Bertz CT molecular complexity index is 721. The molecule has 1 N–H and O–H groups in total. The van der Waals surface area contributed by atoms with Gasteiger partial charge in [-0.2, -0.15) is 0 Å². The molecule has 110 valence electrons. The summed E-state index contributed by atoms with van der Waals surface area (Å²) in [5, 5.41) is 11.6. The van der Waals surface area contributed by atoms with E-state index in [0.717, 1.165) is 10.9 Å². The molecule has 0 aliphatic rings. The summed E-state index contributed by atoms with van der Waals surface area (Å²) in [6, 6.07) is 9.81. The van der Waals surface area contributed by atoms with Gasteiger partial charge in [0.15, 0.2) is 0 Å². The molecule has 0 aliphatic heterocycles. The van der Waals surface area contributed by atoms with Crippen LogP contribution in [0.15, 0.2) is 48.2 Å². The van der Waals surface area contributed by atoms with Gasteiger partial charge in [0, 0.05) is 26.2 Å².